The van der Waals surface area contributed by atoms with Gasteiger partial charge in [-0.3, -0.25) is 0 Å². The molecule has 5 nitrogen and oxygen atoms in total. The van der Waals surface area contributed by atoms with Crippen LogP contribution < -0.4 is 10.6 Å². The summed E-state index contributed by atoms with van der Waals surface area (Å²) in [7, 11) is 0. The van der Waals surface area contributed by atoms with Crippen LogP contribution in [-0.2, 0) is 0 Å². The van der Waals surface area contributed by atoms with Gasteiger partial charge in [0, 0.05) is 6.04 Å². The zero-order valence-electron chi connectivity index (χ0n) is 12.3. The third-order valence-corrected chi connectivity index (χ3v) is 4.07. The number of aromatic nitrogens is 2. The van der Waals surface area contributed by atoms with Gasteiger partial charge in [0.05, 0.1) is 6.04 Å². The first-order chi connectivity index (χ1) is 9.22. The molecule has 19 heavy (non-hydrogen) atoms. The summed E-state index contributed by atoms with van der Waals surface area (Å²) in [6, 6.07) is 1.18. The van der Waals surface area contributed by atoms with Gasteiger partial charge in [-0.2, -0.15) is 0 Å². The first-order valence-corrected chi connectivity index (χ1v) is 7.56. The number of anilines is 1. The van der Waals surface area contributed by atoms with Crippen LogP contribution in [0.3, 0.4) is 0 Å². The fraction of sp³-hybridized carbons (Fsp3) is 0.857. The third-order valence-electron chi connectivity index (χ3n) is 4.07. The van der Waals surface area contributed by atoms with Crippen LogP contribution in [0.2, 0.25) is 0 Å². The Kier molecular flexibility index (Phi) is 5.19. The van der Waals surface area contributed by atoms with Crippen molar-refractivity contribution < 1.29 is 4.42 Å². The maximum atomic E-state index is 5.66. The Hall–Kier alpha value is -1.10. The highest BCUT2D eigenvalue weighted by Crippen LogP contribution is 2.28. The van der Waals surface area contributed by atoms with Crippen LogP contribution in [0.4, 0.5) is 6.01 Å². The molecule has 108 valence electrons. The van der Waals surface area contributed by atoms with Crippen LogP contribution in [0.5, 0.6) is 0 Å². The lowest BCUT2D eigenvalue weighted by Gasteiger charge is -2.27. The van der Waals surface area contributed by atoms with E-state index in [9.17, 15) is 0 Å². The molecule has 2 rings (SSSR count). The Bertz CT molecular complexity index is 371. The van der Waals surface area contributed by atoms with E-state index in [0.717, 1.165) is 12.5 Å². The zero-order chi connectivity index (χ0) is 13.7. The number of nitrogens with one attached hydrogen (secondary N) is 2. The second kappa shape index (κ2) is 6.89. The van der Waals surface area contributed by atoms with E-state index < -0.39 is 0 Å². The minimum atomic E-state index is 0.115. The maximum absolute atomic E-state index is 5.66. The molecule has 0 aliphatic heterocycles. The molecule has 1 aromatic heterocycles. The van der Waals surface area contributed by atoms with Crippen molar-refractivity contribution in [2.45, 2.75) is 65.0 Å². The topological polar surface area (TPSA) is 63.0 Å². The molecule has 2 N–H and O–H groups in total. The molecule has 1 unspecified atom stereocenters. The van der Waals surface area contributed by atoms with Crippen molar-refractivity contribution in [3.8, 4) is 0 Å². The number of hydrogen-bond donors (Lipinski definition) is 2. The van der Waals surface area contributed by atoms with Gasteiger partial charge in [-0.1, -0.05) is 25.4 Å². The van der Waals surface area contributed by atoms with Gasteiger partial charge in [-0.25, -0.2) is 0 Å². The molecule has 0 saturated heterocycles. The summed E-state index contributed by atoms with van der Waals surface area (Å²) in [5.41, 5.74) is 0. The van der Waals surface area contributed by atoms with Gasteiger partial charge in [0.15, 0.2) is 0 Å². The molecule has 0 aromatic carbocycles. The number of nitrogens with zero attached hydrogens (tertiary/aromatic N) is 2. The lowest BCUT2D eigenvalue weighted by Crippen LogP contribution is -2.26. The predicted octanol–water partition coefficient (Wildman–Crippen LogP) is 3.12. The molecule has 1 aliphatic carbocycles. The highest BCUT2D eigenvalue weighted by atomic mass is 16.4. The summed E-state index contributed by atoms with van der Waals surface area (Å²) in [4.78, 5) is 0. The van der Waals surface area contributed by atoms with E-state index in [1.165, 1.54) is 32.1 Å². The highest BCUT2D eigenvalue weighted by molar-refractivity contribution is 5.20. The van der Waals surface area contributed by atoms with Crippen molar-refractivity contribution in [2.24, 2.45) is 5.92 Å². The molecule has 1 heterocycles. The van der Waals surface area contributed by atoms with Crippen molar-refractivity contribution in [1.29, 1.82) is 0 Å². The monoisotopic (exact) mass is 266 g/mol. The number of hydrogen-bond acceptors (Lipinski definition) is 5. The first kappa shape index (κ1) is 14.3. The second-order valence-corrected chi connectivity index (χ2v) is 5.50. The summed E-state index contributed by atoms with van der Waals surface area (Å²) in [6.07, 6.45) is 6.33. The van der Waals surface area contributed by atoms with Gasteiger partial charge in [0.25, 0.3) is 0 Å². The van der Waals surface area contributed by atoms with Crippen molar-refractivity contribution in [2.75, 3.05) is 11.9 Å². The van der Waals surface area contributed by atoms with Gasteiger partial charge in [0.2, 0.25) is 5.89 Å². The summed E-state index contributed by atoms with van der Waals surface area (Å²) in [5, 5.41) is 14.8. The van der Waals surface area contributed by atoms with E-state index in [0.29, 0.717) is 17.9 Å². The second-order valence-electron chi connectivity index (χ2n) is 5.50. The van der Waals surface area contributed by atoms with Crippen LogP contribution in [0.25, 0.3) is 0 Å². The molecule has 0 radical (unpaired) electrons. The van der Waals surface area contributed by atoms with E-state index in [4.69, 9.17) is 4.42 Å². The molecule has 0 amide bonds. The molecule has 1 aromatic rings. The standard InChI is InChI=1S/C14H26N4O/c1-4-11-6-8-12(9-7-11)16-14-18-17-13(19-14)10(3)15-5-2/h10-12,15H,4-9H2,1-3H3,(H,16,18). The Balaban J connectivity index is 1.83. The van der Waals surface area contributed by atoms with Crippen LogP contribution in [-0.4, -0.2) is 22.8 Å². The minimum Gasteiger partial charge on any atom is -0.406 e. The van der Waals surface area contributed by atoms with Crippen molar-refractivity contribution in [1.82, 2.24) is 15.5 Å². The summed E-state index contributed by atoms with van der Waals surface area (Å²) in [6.45, 7) is 7.28. The van der Waals surface area contributed by atoms with Crippen LogP contribution >= 0.6 is 0 Å². The van der Waals surface area contributed by atoms with Crippen LogP contribution in [0, 0.1) is 5.92 Å². The minimum absolute atomic E-state index is 0.115. The average molecular weight is 266 g/mol. The quantitative estimate of drug-likeness (QED) is 0.828. The Morgan fingerprint density at radius 3 is 2.58 bits per heavy atom. The fourth-order valence-electron chi connectivity index (χ4n) is 2.75. The van der Waals surface area contributed by atoms with Crippen molar-refractivity contribution in [3.05, 3.63) is 5.89 Å². The molecular weight excluding hydrogens is 240 g/mol. The van der Waals surface area contributed by atoms with E-state index >= 15 is 0 Å². The lowest BCUT2D eigenvalue weighted by atomic mass is 9.85. The molecule has 1 atom stereocenters. The first-order valence-electron chi connectivity index (χ1n) is 7.56. The number of rotatable bonds is 6. The molecule has 1 saturated carbocycles. The molecule has 0 bridgehead atoms. The average Bonchev–Trinajstić information content (AvgIpc) is 2.88. The maximum Gasteiger partial charge on any atom is 0.315 e. The van der Waals surface area contributed by atoms with Gasteiger partial charge in [-0.15, -0.1) is 5.10 Å². The summed E-state index contributed by atoms with van der Waals surface area (Å²) in [5.74, 6) is 1.57. The van der Waals surface area contributed by atoms with Crippen molar-refractivity contribution >= 4 is 6.01 Å². The largest absolute Gasteiger partial charge is 0.406 e. The van der Waals surface area contributed by atoms with Crippen LogP contribution in [0.1, 0.15) is 64.8 Å². The van der Waals surface area contributed by atoms with E-state index in [2.05, 4.69) is 34.7 Å². The van der Waals surface area contributed by atoms with Gasteiger partial charge >= 0.3 is 6.01 Å². The van der Waals surface area contributed by atoms with E-state index in [-0.39, 0.29) is 6.04 Å². The van der Waals surface area contributed by atoms with Gasteiger partial charge < -0.3 is 15.1 Å². The Morgan fingerprint density at radius 1 is 1.21 bits per heavy atom. The molecule has 1 aliphatic rings. The van der Waals surface area contributed by atoms with Crippen LogP contribution in [0.15, 0.2) is 4.42 Å². The third kappa shape index (κ3) is 3.93. The van der Waals surface area contributed by atoms with E-state index in [1.807, 2.05) is 6.92 Å². The predicted molar refractivity (Wildman–Crippen MR) is 76.0 cm³/mol. The molecule has 1 fully saturated rings. The lowest BCUT2D eigenvalue weighted by molar-refractivity contribution is 0.325. The molecule has 0 spiro atoms. The normalized spacial score (nSPS) is 25.2. The molecule has 5 heteroatoms. The van der Waals surface area contributed by atoms with Gasteiger partial charge in [-0.05, 0) is 45.1 Å². The fourth-order valence-corrected chi connectivity index (χ4v) is 2.75. The SMILES string of the molecule is CCNC(C)c1nnc(NC2CCC(CC)CC2)o1. The highest BCUT2D eigenvalue weighted by Gasteiger charge is 2.21. The Morgan fingerprint density at radius 2 is 1.95 bits per heavy atom. The van der Waals surface area contributed by atoms with Crippen molar-refractivity contribution in [3.63, 3.8) is 0 Å². The molecular formula is C14H26N4O. The van der Waals surface area contributed by atoms with Gasteiger partial charge in [0.1, 0.15) is 0 Å². The summed E-state index contributed by atoms with van der Waals surface area (Å²) < 4.78 is 5.66. The Labute approximate surface area is 115 Å². The van der Waals surface area contributed by atoms with E-state index in [1.54, 1.807) is 0 Å². The zero-order valence-corrected chi connectivity index (χ0v) is 12.3. The summed E-state index contributed by atoms with van der Waals surface area (Å²) >= 11 is 0. The smallest absolute Gasteiger partial charge is 0.315 e.